The maximum absolute atomic E-state index is 14.3. The maximum Gasteiger partial charge on any atom is 0.127 e. The van der Waals surface area contributed by atoms with E-state index in [1.807, 2.05) is 12.1 Å². The largest absolute Gasteiger partial charge is 0.508 e. The van der Waals surface area contributed by atoms with Gasteiger partial charge in [0.1, 0.15) is 17.4 Å². The Balaban J connectivity index is 2.16. The Morgan fingerprint density at radius 3 is 2.19 bits per heavy atom. The van der Waals surface area contributed by atoms with Crippen LogP contribution >= 0.6 is 0 Å². The van der Waals surface area contributed by atoms with Gasteiger partial charge in [-0.2, -0.15) is 0 Å². The Morgan fingerprint density at radius 2 is 1.52 bits per heavy atom. The molecule has 3 heteroatoms. The second kappa shape index (κ2) is 5.47. The van der Waals surface area contributed by atoms with E-state index in [1.165, 1.54) is 12.1 Å². The van der Waals surface area contributed by atoms with Crippen LogP contribution < -0.4 is 0 Å². The molecule has 1 saturated carbocycles. The summed E-state index contributed by atoms with van der Waals surface area (Å²) >= 11 is 0. The zero-order valence-corrected chi connectivity index (χ0v) is 11.8. The van der Waals surface area contributed by atoms with Gasteiger partial charge in [-0.3, -0.25) is 0 Å². The third kappa shape index (κ3) is 2.53. The molecule has 0 amide bonds. The zero-order valence-electron chi connectivity index (χ0n) is 11.8. The van der Waals surface area contributed by atoms with Crippen LogP contribution in [0, 0.1) is 11.6 Å². The first-order chi connectivity index (χ1) is 10.1. The van der Waals surface area contributed by atoms with Gasteiger partial charge in [-0.05, 0) is 48.7 Å². The summed E-state index contributed by atoms with van der Waals surface area (Å²) in [5.74, 6) is -0.578. The first-order valence-electron chi connectivity index (χ1n) is 7.37. The van der Waals surface area contributed by atoms with Crippen LogP contribution in [0.2, 0.25) is 0 Å². The molecule has 1 aliphatic carbocycles. The standard InChI is InChI=1S/C18H18F2O/c19-14-6-9-17(20)16(12-14)18(10-2-1-3-11-18)13-4-7-15(21)8-5-13/h4-9,12,21H,1-3,10-11H2. The first kappa shape index (κ1) is 14.1. The second-order valence-corrected chi connectivity index (χ2v) is 5.81. The summed E-state index contributed by atoms with van der Waals surface area (Å²) in [4.78, 5) is 0. The molecule has 0 atom stereocenters. The third-order valence-electron chi connectivity index (χ3n) is 4.57. The lowest BCUT2D eigenvalue weighted by Gasteiger charge is -2.38. The Labute approximate surface area is 123 Å². The Morgan fingerprint density at radius 1 is 0.857 bits per heavy atom. The summed E-state index contributed by atoms with van der Waals surface area (Å²) in [7, 11) is 0. The van der Waals surface area contributed by atoms with Crippen molar-refractivity contribution in [2.75, 3.05) is 0 Å². The van der Waals surface area contributed by atoms with Gasteiger partial charge in [-0.1, -0.05) is 31.4 Å². The van der Waals surface area contributed by atoms with Gasteiger partial charge in [0.15, 0.2) is 0 Å². The van der Waals surface area contributed by atoms with E-state index in [0.29, 0.717) is 5.56 Å². The second-order valence-electron chi connectivity index (χ2n) is 5.81. The monoisotopic (exact) mass is 288 g/mol. The Bertz CT molecular complexity index is 628. The van der Waals surface area contributed by atoms with Crippen molar-refractivity contribution in [2.24, 2.45) is 0 Å². The number of aromatic hydroxyl groups is 1. The molecular formula is C18H18F2O. The van der Waals surface area contributed by atoms with Crippen molar-refractivity contribution in [3.05, 3.63) is 65.2 Å². The number of phenolic OH excluding ortho intramolecular Hbond substituents is 1. The van der Waals surface area contributed by atoms with E-state index in [4.69, 9.17) is 0 Å². The van der Waals surface area contributed by atoms with Crippen molar-refractivity contribution < 1.29 is 13.9 Å². The summed E-state index contributed by atoms with van der Waals surface area (Å²) in [6, 6.07) is 10.6. The molecule has 2 aromatic carbocycles. The fourth-order valence-corrected chi connectivity index (χ4v) is 3.51. The molecule has 0 aliphatic heterocycles. The van der Waals surface area contributed by atoms with Crippen molar-refractivity contribution >= 4 is 0 Å². The summed E-state index contributed by atoms with van der Waals surface area (Å²) in [6.07, 6.45) is 4.72. The van der Waals surface area contributed by atoms with Crippen molar-refractivity contribution in [3.63, 3.8) is 0 Å². The fraction of sp³-hybridized carbons (Fsp3) is 0.333. The molecule has 1 nitrogen and oxygen atoms in total. The Hall–Kier alpha value is -1.90. The number of hydrogen-bond donors (Lipinski definition) is 1. The van der Waals surface area contributed by atoms with E-state index in [9.17, 15) is 13.9 Å². The van der Waals surface area contributed by atoms with Gasteiger partial charge in [0.25, 0.3) is 0 Å². The minimum absolute atomic E-state index is 0.185. The highest BCUT2D eigenvalue weighted by atomic mass is 19.1. The molecule has 1 aliphatic rings. The van der Waals surface area contributed by atoms with Crippen LogP contribution in [0.25, 0.3) is 0 Å². The fourth-order valence-electron chi connectivity index (χ4n) is 3.51. The van der Waals surface area contributed by atoms with Gasteiger partial charge < -0.3 is 5.11 Å². The SMILES string of the molecule is Oc1ccc(C2(c3cc(F)ccc3F)CCCCC2)cc1. The molecule has 0 spiro atoms. The van der Waals surface area contributed by atoms with Gasteiger partial charge in [-0.15, -0.1) is 0 Å². The Kier molecular flexibility index (Phi) is 3.66. The highest BCUT2D eigenvalue weighted by Crippen LogP contribution is 2.46. The first-order valence-corrected chi connectivity index (χ1v) is 7.37. The average Bonchev–Trinajstić information content (AvgIpc) is 2.51. The van der Waals surface area contributed by atoms with Crippen LogP contribution in [0.5, 0.6) is 5.75 Å². The third-order valence-corrected chi connectivity index (χ3v) is 4.57. The maximum atomic E-state index is 14.3. The van der Waals surface area contributed by atoms with E-state index in [0.717, 1.165) is 43.7 Å². The molecule has 0 aromatic heterocycles. The molecule has 0 heterocycles. The van der Waals surface area contributed by atoms with E-state index >= 15 is 0 Å². The van der Waals surface area contributed by atoms with Crippen LogP contribution in [0.1, 0.15) is 43.2 Å². The van der Waals surface area contributed by atoms with Crippen molar-refractivity contribution in [1.29, 1.82) is 0 Å². The highest BCUT2D eigenvalue weighted by Gasteiger charge is 2.37. The lowest BCUT2D eigenvalue weighted by Crippen LogP contribution is -2.31. The van der Waals surface area contributed by atoms with Crippen LogP contribution in [-0.2, 0) is 5.41 Å². The van der Waals surface area contributed by atoms with E-state index < -0.39 is 11.2 Å². The molecule has 0 unspecified atom stereocenters. The van der Waals surface area contributed by atoms with Gasteiger partial charge in [0.05, 0.1) is 0 Å². The number of phenols is 1. The van der Waals surface area contributed by atoms with Crippen LogP contribution in [-0.4, -0.2) is 5.11 Å². The smallest absolute Gasteiger partial charge is 0.127 e. The molecule has 0 bridgehead atoms. The van der Waals surface area contributed by atoms with Crippen molar-refractivity contribution in [1.82, 2.24) is 0 Å². The van der Waals surface area contributed by atoms with Crippen LogP contribution in [0.4, 0.5) is 8.78 Å². The topological polar surface area (TPSA) is 20.2 Å². The summed E-state index contributed by atoms with van der Waals surface area (Å²) in [5.41, 5.74) is 0.899. The molecule has 110 valence electrons. The molecule has 1 N–H and O–H groups in total. The zero-order chi connectivity index (χ0) is 14.9. The summed E-state index contributed by atoms with van der Waals surface area (Å²) < 4.78 is 28.0. The van der Waals surface area contributed by atoms with Gasteiger partial charge in [0.2, 0.25) is 0 Å². The molecule has 21 heavy (non-hydrogen) atoms. The van der Waals surface area contributed by atoms with Gasteiger partial charge in [0, 0.05) is 11.0 Å². The average molecular weight is 288 g/mol. The van der Waals surface area contributed by atoms with Gasteiger partial charge >= 0.3 is 0 Å². The number of benzene rings is 2. The highest BCUT2D eigenvalue weighted by molar-refractivity contribution is 5.42. The lowest BCUT2D eigenvalue weighted by atomic mass is 9.65. The molecule has 0 radical (unpaired) electrons. The number of rotatable bonds is 2. The van der Waals surface area contributed by atoms with E-state index in [1.54, 1.807) is 12.1 Å². The molecule has 2 aromatic rings. The predicted molar refractivity (Wildman–Crippen MR) is 78.3 cm³/mol. The summed E-state index contributed by atoms with van der Waals surface area (Å²) in [6.45, 7) is 0. The van der Waals surface area contributed by atoms with E-state index in [-0.39, 0.29) is 11.6 Å². The lowest BCUT2D eigenvalue weighted by molar-refractivity contribution is 0.333. The van der Waals surface area contributed by atoms with Crippen molar-refractivity contribution in [3.8, 4) is 5.75 Å². The minimum atomic E-state index is -0.488. The molecule has 0 saturated heterocycles. The van der Waals surface area contributed by atoms with E-state index in [2.05, 4.69) is 0 Å². The number of hydrogen-bond acceptors (Lipinski definition) is 1. The molecular weight excluding hydrogens is 270 g/mol. The number of halogens is 2. The summed E-state index contributed by atoms with van der Waals surface area (Å²) in [5, 5.41) is 9.47. The predicted octanol–water partition coefficient (Wildman–Crippen LogP) is 4.92. The molecule has 1 fully saturated rings. The molecule has 3 rings (SSSR count). The quantitative estimate of drug-likeness (QED) is 0.831. The van der Waals surface area contributed by atoms with Crippen LogP contribution in [0.15, 0.2) is 42.5 Å². The normalized spacial score (nSPS) is 17.6. The van der Waals surface area contributed by atoms with Gasteiger partial charge in [-0.25, -0.2) is 8.78 Å². The minimum Gasteiger partial charge on any atom is -0.508 e. The van der Waals surface area contributed by atoms with Crippen molar-refractivity contribution in [2.45, 2.75) is 37.5 Å². The van der Waals surface area contributed by atoms with Crippen LogP contribution in [0.3, 0.4) is 0 Å².